The average molecular weight is 294 g/mol. The highest BCUT2D eigenvalue weighted by molar-refractivity contribution is 5.78. The molecule has 0 bridgehead atoms. The molecule has 116 valence electrons. The predicted octanol–water partition coefficient (Wildman–Crippen LogP) is 0.303. The molecule has 3 N–H and O–H groups in total. The summed E-state index contributed by atoms with van der Waals surface area (Å²) in [5.74, 6) is 1.48. The van der Waals surface area contributed by atoms with Crippen LogP contribution < -0.4 is 20.1 Å². The van der Waals surface area contributed by atoms with Crippen LogP contribution in [0.25, 0.3) is 0 Å². The number of hydrogen-bond acceptors (Lipinski definition) is 5. The van der Waals surface area contributed by atoms with Crippen LogP contribution in [0.2, 0.25) is 0 Å². The van der Waals surface area contributed by atoms with Crippen molar-refractivity contribution in [2.24, 2.45) is 0 Å². The highest BCUT2D eigenvalue weighted by Gasteiger charge is 2.20. The first-order valence-corrected chi connectivity index (χ1v) is 7.12. The van der Waals surface area contributed by atoms with Crippen molar-refractivity contribution in [1.82, 2.24) is 10.6 Å². The molecule has 0 radical (unpaired) electrons. The summed E-state index contributed by atoms with van der Waals surface area (Å²) >= 11 is 0. The molecule has 1 aromatic rings. The van der Waals surface area contributed by atoms with Crippen molar-refractivity contribution in [2.45, 2.75) is 25.0 Å². The van der Waals surface area contributed by atoms with Gasteiger partial charge in [0, 0.05) is 31.6 Å². The van der Waals surface area contributed by atoms with Crippen LogP contribution in [0.1, 0.15) is 12.8 Å². The average Bonchev–Trinajstić information content (AvgIpc) is 2.91. The number of amides is 1. The minimum atomic E-state index is -0.603. The largest absolute Gasteiger partial charge is 0.497 e. The molecule has 6 heteroatoms. The molecule has 0 saturated carbocycles. The van der Waals surface area contributed by atoms with Gasteiger partial charge in [0.25, 0.3) is 0 Å². The van der Waals surface area contributed by atoms with Crippen molar-refractivity contribution in [1.29, 1.82) is 0 Å². The van der Waals surface area contributed by atoms with E-state index in [1.165, 1.54) is 0 Å². The third-order valence-corrected chi connectivity index (χ3v) is 3.34. The molecule has 2 unspecified atom stereocenters. The first-order valence-electron chi connectivity index (χ1n) is 7.12. The summed E-state index contributed by atoms with van der Waals surface area (Å²) in [6, 6.07) is 7.43. The fourth-order valence-corrected chi connectivity index (χ4v) is 2.20. The van der Waals surface area contributed by atoms with Crippen molar-refractivity contribution < 1.29 is 19.4 Å². The van der Waals surface area contributed by atoms with Crippen LogP contribution in [0.3, 0.4) is 0 Å². The molecule has 1 amide bonds. The van der Waals surface area contributed by atoms with Gasteiger partial charge in [0.15, 0.2) is 0 Å². The molecule has 1 aliphatic heterocycles. The third-order valence-electron chi connectivity index (χ3n) is 3.34. The van der Waals surface area contributed by atoms with Crippen molar-refractivity contribution >= 4 is 5.91 Å². The predicted molar refractivity (Wildman–Crippen MR) is 78.5 cm³/mol. The first kappa shape index (κ1) is 15.6. The molecule has 21 heavy (non-hydrogen) atoms. The standard InChI is InChI=1S/C15H22N2O4/c1-20-13-3-2-4-14(7-13)21-10-12(18)9-16-8-11-5-6-15(19)17-11/h2-4,7,11-12,16,18H,5-6,8-10H2,1H3,(H,17,19). The van der Waals surface area contributed by atoms with Crippen LogP contribution in [0.5, 0.6) is 11.5 Å². The summed E-state index contributed by atoms with van der Waals surface area (Å²) in [5.41, 5.74) is 0. The monoisotopic (exact) mass is 294 g/mol. The highest BCUT2D eigenvalue weighted by Crippen LogP contribution is 2.18. The van der Waals surface area contributed by atoms with Gasteiger partial charge in [-0.3, -0.25) is 4.79 Å². The Labute approximate surface area is 124 Å². The van der Waals surface area contributed by atoms with Crippen LogP contribution >= 0.6 is 0 Å². The Bertz CT molecular complexity index is 467. The van der Waals surface area contributed by atoms with Crippen LogP contribution in [0.15, 0.2) is 24.3 Å². The number of aliphatic hydroxyl groups excluding tert-OH is 1. The van der Waals surface area contributed by atoms with Crippen molar-refractivity contribution in [3.63, 3.8) is 0 Å². The normalized spacial score (nSPS) is 19.1. The summed E-state index contributed by atoms with van der Waals surface area (Å²) < 4.78 is 10.6. The lowest BCUT2D eigenvalue weighted by molar-refractivity contribution is -0.119. The lowest BCUT2D eigenvalue weighted by Gasteiger charge is -2.15. The van der Waals surface area contributed by atoms with Gasteiger partial charge in [-0.05, 0) is 18.6 Å². The van der Waals surface area contributed by atoms with Gasteiger partial charge in [-0.1, -0.05) is 6.07 Å². The maximum absolute atomic E-state index is 11.0. The molecule has 1 aromatic carbocycles. The van der Waals surface area contributed by atoms with Gasteiger partial charge in [0.2, 0.25) is 5.91 Å². The summed E-state index contributed by atoms with van der Waals surface area (Å²) in [4.78, 5) is 11.0. The lowest BCUT2D eigenvalue weighted by Crippen LogP contribution is -2.40. The van der Waals surface area contributed by atoms with Gasteiger partial charge in [-0.15, -0.1) is 0 Å². The molecule has 1 saturated heterocycles. The zero-order valence-corrected chi connectivity index (χ0v) is 12.2. The van der Waals surface area contributed by atoms with Gasteiger partial charge in [-0.25, -0.2) is 0 Å². The molecule has 1 fully saturated rings. The summed E-state index contributed by atoms with van der Waals surface area (Å²) in [5, 5.41) is 15.9. The zero-order chi connectivity index (χ0) is 15.1. The topological polar surface area (TPSA) is 79.8 Å². The Morgan fingerprint density at radius 3 is 3.00 bits per heavy atom. The van der Waals surface area contributed by atoms with E-state index in [9.17, 15) is 9.90 Å². The van der Waals surface area contributed by atoms with Gasteiger partial charge >= 0.3 is 0 Å². The number of carbonyl (C=O) groups excluding carboxylic acids is 1. The molecule has 6 nitrogen and oxygen atoms in total. The first-order chi connectivity index (χ1) is 10.2. The second-order valence-electron chi connectivity index (χ2n) is 5.11. The van der Waals surface area contributed by atoms with E-state index in [0.29, 0.717) is 25.3 Å². The highest BCUT2D eigenvalue weighted by atomic mass is 16.5. The number of ether oxygens (including phenoxy) is 2. The van der Waals surface area contributed by atoms with Crippen LogP contribution in [-0.2, 0) is 4.79 Å². The molecular weight excluding hydrogens is 272 g/mol. The number of benzene rings is 1. The Morgan fingerprint density at radius 1 is 1.48 bits per heavy atom. The third kappa shape index (κ3) is 5.24. The Morgan fingerprint density at radius 2 is 2.29 bits per heavy atom. The summed E-state index contributed by atoms with van der Waals surface area (Å²) in [6.45, 7) is 1.30. The van der Waals surface area contributed by atoms with Crippen LogP contribution in [-0.4, -0.2) is 50.0 Å². The van der Waals surface area contributed by atoms with Crippen molar-refractivity contribution in [2.75, 3.05) is 26.8 Å². The molecule has 2 atom stereocenters. The van der Waals surface area contributed by atoms with Gasteiger partial charge < -0.3 is 25.2 Å². The number of methoxy groups -OCH3 is 1. The maximum atomic E-state index is 11.0. The van der Waals surface area contributed by atoms with E-state index in [0.717, 1.165) is 12.2 Å². The van der Waals surface area contributed by atoms with Gasteiger partial charge in [0.05, 0.1) is 7.11 Å². The zero-order valence-electron chi connectivity index (χ0n) is 12.2. The second kappa shape index (κ2) is 7.85. The Balaban J connectivity index is 1.62. The van der Waals surface area contributed by atoms with E-state index in [-0.39, 0.29) is 18.6 Å². The van der Waals surface area contributed by atoms with E-state index < -0.39 is 6.10 Å². The molecular formula is C15H22N2O4. The van der Waals surface area contributed by atoms with E-state index >= 15 is 0 Å². The molecule has 0 aromatic heterocycles. The molecule has 1 heterocycles. The minimum absolute atomic E-state index is 0.101. The lowest BCUT2D eigenvalue weighted by atomic mass is 10.2. The van der Waals surface area contributed by atoms with E-state index in [1.54, 1.807) is 13.2 Å². The minimum Gasteiger partial charge on any atom is -0.497 e. The number of carbonyl (C=O) groups is 1. The SMILES string of the molecule is COc1cccc(OCC(O)CNCC2CCC(=O)N2)c1. The van der Waals surface area contributed by atoms with Crippen LogP contribution in [0.4, 0.5) is 0 Å². The van der Waals surface area contributed by atoms with Crippen LogP contribution in [0, 0.1) is 0 Å². The molecule has 0 aliphatic carbocycles. The number of aliphatic hydroxyl groups is 1. The van der Waals surface area contributed by atoms with E-state index in [4.69, 9.17) is 9.47 Å². The van der Waals surface area contributed by atoms with E-state index in [1.807, 2.05) is 18.2 Å². The maximum Gasteiger partial charge on any atom is 0.220 e. The van der Waals surface area contributed by atoms with Crippen molar-refractivity contribution in [3.8, 4) is 11.5 Å². The molecule has 0 spiro atoms. The van der Waals surface area contributed by atoms with E-state index in [2.05, 4.69) is 10.6 Å². The van der Waals surface area contributed by atoms with Gasteiger partial charge in [-0.2, -0.15) is 0 Å². The summed E-state index contributed by atoms with van der Waals surface area (Å²) in [7, 11) is 1.60. The Hall–Kier alpha value is -1.79. The molecule has 2 rings (SSSR count). The van der Waals surface area contributed by atoms with Gasteiger partial charge in [0.1, 0.15) is 24.2 Å². The fraction of sp³-hybridized carbons (Fsp3) is 0.533. The number of nitrogens with one attached hydrogen (secondary N) is 2. The second-order valence-corrected chi connectivity index (χ2v) is 5.11. The summed E-state index contributed by atoms with van der Waals surface area (Å²) in [6.07, 6.45) is 0.837. The number of hydrogen-bond donors (Lipinski definition) is 3. The molecule has 1 aliphatic rings. The quantitative estimate of drug-likeness (QED) is 0.643. The Kier molecular flexibility index (Phi) is 5.83. The smallest absolute Gasteiger partial charge is 0.220 e. The fourth-order valence-electron chi connectivity index (χ4n) is 2.20. The van der Waals surface area contributed by atoms with Crippen molar-refractivity contribution in [3.05, 3.63) is 24.3 Å². The number of rotatable bonds is 8.